The van der Waals surface area contributed by atoms with Gasteiger partial charge >= 0.3 is 6.09 Å². The Morgan fingerprint density at radius 2 is 1.65 bits per heavy atom. The minimum Gasteiger partial charge on any atom is -0.445 e. The highest BCUT2D eigenvalue weighted by molar-refractivity contribution is 5.86. The van der Waals surface area contributed by atoms with E-state index in [4.69, 9.17) is 10.5 Å². The van der Waals surface area contributed by atoms with Crippen LogP contribution in [0, 0.1) is 6.92 Å². The molecule has 0 fully saturated rings. The third-order valence-electron chi connectivity index (χ3n) is 4.80. The summed E-state index contributed by atoms with van der Waals surface area (Å²) < 4.78 is 5.14. The smallest absolute Gasteiger partial charge is 0.407 e. The molecule has 0 saturated carbocycles. The Labute approximate surface area is 183 Å². The highest BCUT2D eigenvalue weighted by Gasteiger charge is 2.18. The van der Waals surface area contributed by atoms with E-state index in [0.29, 0.717) is 25.8 Å². The van der Waals surface area contributed by atoms with Gasteiger partial charge in [-0.1, -0.05) is 66.6 Å². The maximum Gasteiger partial charge on any atom is 0.407 e. The second-order valence-electron chi connectivity index (χ2n) is 7.51. The van der Waals surface area contributed by atoms with Gasteiger partial charge in [-0.25, -0.2) is 4.79 Å². The number of hydrogen-bond donors (Lipinski definition) is 3. The summed E-state index contributed by atoms with van der Waals surface area (Å²) in [5.41, 5.74) is 8.44. The fourth-order valence-electron chi connectivity index (χ4n) is 3.00. The van der Waals surface area contributed by atoms with Crippen molar-refractivity contribution in [3.05, 3.63) is 71.3 Å². The monoisotopic (exact) mass is 425 g/mol. The molecular formula is C24H31N3O4. The quantitative estimate of drug-likeness (QED) is 0.454. The van der Waals surface area contributed by atoms with Crippen LogP contribution in [0.1, 0.15) is 42.4 Å². The van der Waals surface area contributed by atoms with Crippen molar-refractivity contribution in [2.45, 2.75) is 51.7 Å². The van der Waals surface area contributed by atoms with Crippen LogP contribution in [0.4, 0.5) is 4.79 Å². The first-order valence-corrected chi connectivity index (χ1v) is 10.5. The summed E-state index contributed by atoms with van der Waals surface area (Å²) in [5.74, 6) is -0.752. The number of hydrogen-bond acceptors (Lipinski definition) is 4. The lowest BCUT2D eigenvalue weighted by Crippen LogP contribution is -2.45. The number of benzene rings is 2. The molecule has 2 rings (SSSR count). The van der Waals surface area contributed by atoms with E-state index in [1.807, 2.05) is 61.5 Å². The molecule has 0 spiro atoms. The van der Waals surface area contributed by atoms with Gasteiger partial charge in [0.05, 0.1) is 0 Å². The van der Waals surface area contributed by atoms with E-state index in [9.17, 15) is 14.4 Å². The molecule has 0 aromatic heterocycles. The minimum atomic E-state index is -0.726. The molecule has 31 heavy (non-hydrogen) atoms. The second-order valence-corrected chi connectivity index (χ2v) is 7.51. The van der Waals surface area contributed by atoms with Crippen LogP contribution < -0.4 is 16.4 Å². The molecule has 2 aromatic rings. The Balaban J connectivity index is 1.57. The van der Waals surface area contributed by atoms with Crippen LogP contribution in [0.15, 0.2) is 54.6 Å². The number of carbonyl (C=O) groups excluding carboxylic acids is 3. The number of alkyl carbamates (subject to hydrolysis) is 1. The topological polar surface area (TPSA) is 111 Å². The van der Waals surface area contributed by atoms with Crippen LogP contribution in [0.3, 0.4) is 0 Å². The number of nitrogens with one attached hydrogen (secondary N) is 2. The summed E-state index contributed by atoms with van der Waals surface area (Å²) >= 11 is 0. The molecule has 7 nitrogen and oxygen atoms in total. The van der Waals surface area contributed by atoms with Gasteiger partial charge in [-0.2, -0.15) is 0 Å². The lowest BCUT2D eigenvalue weighted by atomic mass is 10.0. The normalized spacial score (nSPS) is 11.4. The van der Waals surface area contributed by atoms with Crippen LogP contribution in [-0.2, 0) is 27.4 Å². The Kier molecular flexibility index (Phi) is 10.1. The molecule has 4 N–H and O–H groups in total. The van der Waals surface area contributed by atoms with Gasteiger partial charge in [-0.3, -0.25) is 9.59 Å². The molecule has 0 saturated heterocycles. The van der Waals surface area contributed by atoms with Crippen LogP contribution in [0.2, 0.25) is 0 Å². The molecule has 0 unspecified atom stereocenters. The highest BCUT2D eigenvalue weighted by Crippen LogP contribution is 2.07. The average molecular weight is 426 g/mol. The Morgan fingerprint density at radius 3 is 2.32 bits per heavy atom. The van der Waals surface area contributed by atoms with Crippen molar-refractivity contribution in [3.8, 4) is 0 Å². The van der Waals surface area contributed by atoms with Crippen molar-refractivity contribution in [2.75, 3.05) is 6.54 Å². The van der Waals surface area contributed by atoms with E-state index in [1.165, 1.54) is 0 Å². The number of unbranched alkanes of at least 4 members (excludes halogenated alkanes) is 2. The number of primary amides is 1. The molecule has 0 heterocycles. The Morgan fingerprint density at radius 1 is 0.935 bits per heavy atom. The molecule has 3 amide bonds. The minimum absolute atomic E-state index is 0.203. The highest BCUT2D eigenvalue weighted by atomic mass is 16.5. The molecular weight excluding hydrogens is 394 g/mol. The first-order chi connectivity index (χ1) is 14.9. The van der Waals surface area contributed by atoms with Crippen LogP contribution in [0.5, 0.6) is 0 Å². The van der Waals surface area contributed by atoms with Gasteiger partial charge in [-0.15, -0.1) is 0 Å². The van der Waals surface area contributed by atoms with E-state index in [2.05, 4.69) is 10.6 Å². The van der Waals surface area contributed by atoms with Crippen molar-refractivity contribution < 1.29 is 19.1 Å². The third-order valence-corrected chi connectivity index (χ3v) is 4.80. The van der Waals surface area contributed by atoms with Gasteiger partial charge in [0.15, 0.2) is 0 Å². The molecule has 0 aliphatic rings. The summed E-state index contributed by atoms with van der Waals surface area (Å²) in [6.45, 7) is 2.70. The zero-order valence-corrected chi connectivity index (χ0v) is 17.9. The first-order valence-electron chi connectivity index (χ1n) is 10.5. The zero-order chi connectivity index (χ0) is 22.5. The molecule has 0 aliphatic carbocycles. The van der Waals surface area contributed by atoms with Crippen molar-refractivity contribution in [1.82, 2.24) is 10.6 Å². The molecule has 0 radical (unpaired) electrons. The molecule has 0 aliphatic heterocycles. The van der Waals surface area contributed by atoms with Gasteiger partial charge in [0, 0.05) is 19.4 Å². The summed E-state index contributed by atoms with van der Waals surface area (Å²) in [4.78, 5) is 35.5. The van der Waals surface area contributed by atoms with Gasteiger partial charge in [-0.05, 0) is 30.9 Å². The van der Waals surface area contributed by atoms with Crippen LogP contribution in [0.25, 0.3) is 0 Å². The van der Waals surface area contributed by atoms with E-state index < -0.39 is 18.0 Å². The number of amides is 3. The van der Waals surface area contributed by atoms with Crippen molar-refractivity contribution >= 4 is 17.9 Å². The van der Waals surface area contributed by atoms with Gasteiger partial charge < -0.3 is 21.1 Å². The fraction of sp³-hybridized carbons (Fsp3) is 0.375. The number of carbonyl (C=O) groups is 3. The molecule has 166 valence electrons. The Hall–Kier alpha value is -3.35. The van der Waals surface area contributed by atoms with E-state index >= 15 is 0 Å². The van der Waals surface area contributed by atoms with Crippen LogP contribution in [-0.4, -0.2) is 30.5 Å². The summed E-state index contributed by atoms with van der Waals surface area (Å²) in [6, 6.07) is 16.5. The van der Waals surface area contributed by atoms with E-state index in [1.54, 1.807) is 0 Å². The molecule has 1 atom stereocenters. The number of ether oxygens (including phenoxy) is 1. The van der Waals surface area contributed by atoms with Crippen LogP contribution >= 0.6 is 0 Å². The predicted molar refractivity (Wildman–Crippen MR) is 119 cm³/mol. The summed E-state index contributed by atoms with van der Waals surface area (Å²) in [7, 11) is 0. The molecule has 0 bridgehead atoms. The molecule has 7 heteroatoms. The maximum atomic E-state index is 12.2. The fourth-order valence-corrected chi connectivity index (χ4v) is 3.00. The molecule has 2 aromatic carbocycles. The summed E-state index contributed by atoms with van der Waals surface area (Å²) in [6.07, 6.45) is 2.37. The standard InChI is InChI=1S/C24H31N3O4/c1-18-11-13-19(14-12-18)16-21(23(25)29)27-22(28)10-6-3-7-15-26-24(30)31-17-20-8-4-2-5-9-20/h2,4-5,8-9,11-14,21H,3,6-7,10,15-17H2,1H3,(H2,25,29)(H,26,30)(H,27,28)/t21-/m1/s1. The zero-order valence-electron chi connectivity index (χ0n) is 17.9. The van der Waals surface area contributed by atoms with Crippen molar-refractivity contribution in [3.63, 3.8) is 0 Å². The maximum absolute atomic E-state index is 12.2. The summed E-state index contributed by atoms with van der Waals surface area (Å²) in [5, 5.41) is 5.41. The Bertz CT molecular complexity index is 838. The first kappa shape index (κ1) is 23.9. The van der Waals surface area contributed by atoms with E-state index in [0.717, 1.165) is 29.5 Å². The van der Waals surface area contributed by atoms with Gasteiger partial charge in [0.25, 0.3) is 0 Å². The van der Waals surface area contributed by atoms with Gasteiger partial charge in [0.1, 0.15) is 12.6 Å². The number of aryl methyl sites for hydroxylation is 1. The third kappa shape index (κ3) is 9.80. The number of rotatable bonds is 12. The van der Waals surface area contributed by atoms with Crippen molar-refractivity contribution in [1.29, 1.82) is 0 Å². The SMILES string of the molecule is Cc1ccc(C[C@@H](NC(=O)CCCCCNC(=O)OCc2ccccc2)C(N)=O)cc1. The second kappa shape index (κ2) is 13.1. The number of nitrogens with two attached hydrogens (primary N) is 1. The lowest BCUT2D eigenvalue weighted by Gasteiger charge is -2.16. The van der Waals surface area contributed by atoms with Crippen molar-refractivity contribution in [2.24, 2.45) is 5.73 Å². The predicted octanol–water partition coefficient (Wildman–Crippen LogP) is 2.99. The van der Waals surface area contributed by atoms with E-state index in [-0.39, 0.29) is 12.5 Å². The largest absolute Gasteiger partial charge is 0.445 e. The van der Waals surface area contributed by atoms with Gasteiger partial charge in [0.2, 0.25) is 11.8 Å². The lowest BCUT2D eigenvalue weighted by molar-refractivity contribution is -0.127. The average Bonchev–Trinajstić information content (AvgIpc) is 2.76.